The average molecular weight is 325 g/mol. The van der Waals surface area contributed by atoms with Crippen molar-refractivity contribution in [3.63, 3.8) is 0 Å². The van der Waals surface area contributed by atoms with E-state index >= 15 is 0 Å². The number of hydrogen-bond acceptors (Lipinski definition) is 6. The molecule has 1 aromatic heterocycles. The second-order valence-electron chi connectivity index (χ2n) is 4.48. The van der Waals surface area contributed by atoms with Crippen LogP contribution in [0.3, 0.4) is 0 Å². The van der Waals surface area contributed by atoms with Gasteiger partial charge < -0.3 is 10.0 Å². The number of likely N-dealkylation sites (N-methyl/N-ethyl adjacent to an activating group) is 1. The molecule has 1 heterocycles. The lowest BCUT2D eigenvalue weighted by Gasteiger charge is -2.19. The quantitative estimate of drug-likeness (QED) is 0.655. The minimum Gasteiger partial charge on any atom is -0.395 e. The van der Waals surface area contributed by atoms with Gasteiger partial charge in [-0.1, -0.05) is 11.6 Å². The van der Waals surface area contributed by atoms with Gasteiger partial charge in [0.15, 0.2) is 0 Å². The molecule has 0 aliphatic rings. The Morgan fingerprint density at radius 2 is 2.05 bits per heavy atom. The number of aliphatic hydroxyl groups is 1. The molecule has 0 atom stereocenters. The van der Waals surface area contributed by atoms with Crippen LogP contribution >= 0.6 is 11.6 Å². The molecule has 1 N–H and O–H groups in total. The maximum Gasteiger partial charge on any atom is 0.292 e. The minimum absolute atomic E-state index is 0.0377. The number of aromatic nitrogens is 2. The Morgan fingerprint density at radius 1 is 1.41 bits per heavy atom. The zero-order valence-corrected chi connectivity index (χ0v) is 12.4. The molecule has 1 aromatic carbocycles. The summed E-state index contributed by atoms with van der Waals surface area (Å²) in [4.78, 5) is 24.0. The molecule has 0 radical (unpaired) electrons. The fourth-order valence-electron chi connectivity index (χ4n) is 1.86. The molecule has 9 heteroatoms. The number of rotatable bonds is 5. The third-order valence-electron chi connectivity index (χ3n) is 3.05. The van der Waals surface area contributed by atoms with Crippen molar-refractivity contribution in [1.29, 1.82) is 0 Å². The van der Waals surface area contributed by atoms with Gasteiger partial charge in [-0.15, -0.1) is 0 Å². The van der Waals surface area contributed by atoms with E-state index in [0.29, 0.717) is 17.9 Å². The second-order valence-corrected chi connectivity index (χ2v) is 4.86. The number of nitro benzene ring substituents is 1. The number of aliphatic hydroxyl groups excluding tert-OH is 1. The lowest BCUT2D eigenvalue weighted by molar-refractivity contribution is -0.384. The maximum atomic E-state index is 12.3. The number of nitro groups is 1. The van der Waals surface area contributed by atoms with Crippen LogP contribution in [0.2, 0.25) is 5.02 Å². The van der Waals surface area contributed by atoms with E-state index in [9.17, 15) is 14.9 Å². The van der Waals surface area contributed by atoms with Crippen molar-refractivity contribution in [3.8, 4) is 5.69 Å². The van der Waals surface area contributed by atoms with E-state index in [1.165, 1.54) is 30.5 Å². The summed E-state index contributed by atoms with van der Waals surface area (Å²) in [6.07, 6.45) is 1.40. The number of hydrogen-bond donors (Lipinski definition) is 1. The van der Waals surface area contributed by atoms with E-state index in [-0.39, 0.29) is 17.3 Å². The minimum atomic E-state index is -0.544. The summed E-state index contributed by atoms with van der Waals surface area (Å²) in [5.74, 6) is 0. The predicted octanol–water partition coefficient (Wildman–Crippen LogP) is 1.22. The van der Waals surface area contributed by atoms with Crippen LogP contribution in [0.25, 0.3) is 5.69 Å². The molecule has 8 nitrogen and oxygen atoms in total. The van der Waals surface area contributed by atoms with E-state index < -0.39 is 10.5 Å². The van der Waals surface area contributed by atoms with E-state index in [0.717, 1.165) is 4.68 Å². The van der Waals surface area contributed by atoms with Gasteiger partial charge in [0.25, 0.3) is 11.2 Å². The molecule has 0 spiro atoms. The molecular formula is C13H13ClN4O4. The lowest BCUT2D eigenvalue weighted by atomic mass is 10.3. The largest absolute Gasteiger partial charge is 0.395 e. The van der Waals surface area contributed by atoms with Crippen molar-refractivity contribution in [3.05, 3.63) is 56.0 Å². The first kappa shape index (κ1) is 15.9. The Bertz CT molecular complexity index is 745. The molecule has 0 amide bonds. The third-order valence-corrected chi connectivity index (χ3v) is 3.41. The van der Waals surface area contributed by atoms with Gasteiger partial charge in [-0.3, -0.25) is 14.9 Å². The highest BCUT2D eigenvalue weighted by molar-refractivity contribution is 6.33. The third kappa shape index (κ3) is 3.07. The van der Waals surface area contributed by atoms with Crippen molar-refractivity contribution in [2.75, 3.05) is 25.1 Å². The monoisotopic (exact) mass is 324 g/mol. The second kappa shape index (κ2) is 6.54. The number of nitrogens with zero attached hydrogens (tertiary/aromatic N) is 4. The van der Waals surface area contributed by atoms with Crippen molar-refractivity contribution in [2.45, 2.75) is 0 Å². The number of halogens is 1. The topological polar surface area (TPSA) is 102 Å². The van der Waals surface area contributed by atoms with E-state index in [1.807, 2.05) is 0 Å². The van der Waals surface area contributed by atoms with E-state index in [4.69, 9.17) is 16.7 Å². The first-order chi connectivity index (χ1) is 10.5. The molecule has 2 rings (SSSR count). The molecule has 22 heavy (non-hydrogen) atoms. The van der Waals surface area contributed by atoms with Crippen LogP contribution < -0.4 is 10.5 Å². The molecule has 0 unspecified atom stereocenters. The Morgan fingerprint density at radius 3 is 2.59 bits per heavy atom. The Balaban J connectivity index is 2.43. The summed E-state index contributed by atoms with van der Waals surface area (Å²) in [6, 6.07) is 5.40. The summed E-state index contributed by atoms with van der Waals surface area (Å²) in [5, 5.41) is 23.5. The van der Waals surface area contributed by atoms with Gasteiger partial charge in [-0.25, -0.2) is 0 Å². The van der Waals surface area contributed by atoms with Crippen molar-refractivity contribution in [2.24, 2.45) is 0 Å². The SMILES string of the molecule is CN(CCO)c1cnn(-c2ccc([N+](=O)[O-])cc2)c(=O)c1Cl. The highest BCUT2D eigenvalue weighted by Crippen LogP contribution is 2.20. The fraction of sp³-hybridized carbons (Fsp3) is 0.231. The van der Waals surface area contributed by atoms with Crippen molar-refractivity contribution >= 4 is 23.0 Å². The molecule has 0 saturated heterocycles. The van der Waals surface area contributed by atoms with Crippen LogP contribution in [0.15, 0.2) is 35.3 Å². The van der Waals surface area contributed by atoms with Crippen LogP contribution in [-0.4, -0.2) is 40.0 Å². The summed E-state index contributed by atoms with van der Waals surface area (Å²) < 4.78 is 1.06. The predicted molar refractivity (Wildman–Crippen MR) is 81.9 cm³/mol. The molecular weight excluding hydrogens is 312 g/mol. The normalized spacial score (nSPS) is 10.5. The first-order valence-corrected chi connectivity index (χ1v) is 6.68. The number of benzene rings is 1. The van der Waals surface area contributed by atoms with Gasteiger partial charge in [-0.2, -0.15) is 9.78 Å². The first-order valence-electron chi connectivity index (χ1n) is 6.30. The zero-order chi connectivity index (χ0) is 16.3. The fourth-order valence-corrected chi connectivity index (χ4v) is 2.13. The van der Waals surface area contributed by atoms with Crippen LogP contribution in [0, 0.1) is 10.1 Å². The van der Waals surface area contributed by atoms with Gasteiger partial charge in [0.05, 0.1) is 29.1 Å². The highest BCUT2D eigenvalue weighted by Gasteiger charge is 2.14. The number of non-ortho nitro benzene ring substituents is 1. The van der Waals surface area contributed by atoms with Gasteiger partial charge in [-0.05, 0) is 12.1 Å². The highest BCUT2D eigenvalue weighted by atomic mass is 35.5. The summed E-state index contributed by atoms with van der Waals surface area (Å²) in [7, 11) is 1.68. The van der Waals surface area contributed by atoms with Gasteiger partial charge in [0.1, 0.15) is 5.02 Å². The standard InChI is InChI=1S/C13H13ClN4O4/c1-16(6-7-19)11-8-15-17(13(20)12(11)14)9-2-4-10(5-3-9)18(21)22/h2-5,8,19H,6-7H2,1H3. The molecule has 0 bridgehead atoms. The van der Waals surface area contributed by atoms with Gasteiger partial charge in [0.2, 0.25) is 0 Å². The summed E-state index contributed by atoms with van der Waals surface area (Å²) in [6.45, 7) is 0.223. The van der Waals surface area contributed by atoms with Crippen LogP contribution in [-0.2, 0) is 0 Å². The van der Waals surface area contributed by atoms with Crippen molar-refractivity contribution in [1.82, 2.24) is 9.78 Å². The Hall–Kier alpha value is -2.45. The lowest BCUT2D eigenvalue weighted by Crippen LogP contribution is -2.27. The maximum absolute atomic E-state index is 12.3. The van der Waals surface area contributed by atoms with E-state index in [2.05, 4.69) is 5.10 Å². The van der Waals surface area contributed by atoms with Gasteiger partial charge >= 0.3 is 0 Å². The summed E-state index contributed by atoms with van der Waals surface area (Å²) in [5.41, 5.74) is 0.146. The molecule has 2 aromatic rings. The molecule has 0 aliphatic carbocycles. The molecule has 0 saturated carbocycles. The van der Waals surface area contributed by atoms with E-state index in [1.54, 1.807) is 11.9 Å². The van der Waals surface area contributed by atoms with Crippen molar-refractivity contribution < 1.29 is 10.0 Å². The van der Waals surface area contributed by atoms with Crippen LogP contribution in [0.1, 0.15) is 0 Å². The smallest absolute Gasteiger partial charge is 0.292 e. The Labute approximate surface area is 130 Å². The average Bonchev–Trinajstić information content (AvgIpc) is 2.50. The zero-order valence-electron chi connectivity index (χ0n) is 11.6. The molecule has 0 fully saturated rings. The number of anilines is 1. The van der Waals surface area contributed by atoms with Gasteiger partial charge in [0, 0.05) is 25.7 Å². The van der Waals surface area contributed by atoms with Crippen LogP contribution in [0.4, 0.5) is 11.4 Å². The Kier molecular flexibility index (Phi) is 4.74. The molecule has 116 valence electrons. The molecule has 0 aliphatic heterocycles. The van der Waals surface area contributed by atoms with Crippen LogP contribution in [0.5, 0.6) is 0 Å². The summed E-state index contributed by atoms with van der Waals surface area (Å²) >= 11 is 6.06.